The number of carboxylic acid groups (broad SMARTS) is 1. The number of benzene rings is 1. The maximum atomic E-state index is 12.7. The Kier molecular flexibility index (Phi) is 3.82. The highest BCUT2D eigenvalue weighted by Gasteiger charge is 2.52. The molecule has 2 N–H and O–H groups in total. The van der Waals surface area contributed by atoms with E-state index in [1.165, 1.54) is 0 Å². The van der Waals surface area contributed by atoms with Gasteiger partial charge < -0.3 is 15.3 Å². The van der Waals surface area contributed by atoms with Gasteiger partial charge in [-0.3, -0.25) is 14.4 Å². The fourth-order valence-electron chi connectivity index (χ4n) is 4.48. The predicted molar refractivity (Wildman–Crippen MR) is 90.7 cm³/mol. The van der Waals surface area contributed by atoms with Crippen LogP contribution in [-0.2, 0) is 14.4 Å². The number of carboxylic acids is 1. The highest BCUT2D eigenvalue weighted by molar-refractivity contribution is 5.97. The normalized spacial score (nSPS) is 33.0. The Labute approximate surface area is 145 Å². The first-order valence-corrected chi connectivity index (χ1v) is 8.61. The average Bonchev–Trinajstić information content (AvgIpc) is 3.29. The molecule has 0 unspecified atom stereocenters. The Hall–Kier alpha value is -2.63. The van der Waals surface area contributed by atoms with E-state index in [0.717, 1.165) is 12.1 Å². The quantitative estimate of drug-likeness (QED) is 0.812. The van der Waals surface area contributed by atoms with Crippen molar-refractivity contribution in [1.29, 1.82) is 0 Å². The van der Waals surface area contributed by atoms with Gasteiger partial charge >= 0.3 is 5.97 Å². The van der Waals surface area contributed by atoms with Crippen LogP contribution < -0.4 is 10.2 Å². The second-order valence-electron chi connectivity index (χ2n) is 7.09. The van der Waals surface area contributed by atoms with Gasteiger partial charge in [-0.1, -0.05) is 30.4 Å². The summed E-state index contributed by atoms with van der Waals surface area (Å²) in [4.78, 5) is 38.2. The molecular formula is C19H20N2O4. The Bertz CT molecular complexity index is 745. The van der Waals surface area contributed by atoms with Crippen molar-refractivity contribution in [2.24, 2.45) is 23.7 Å². The number of rotatable bonds is 4. The SMILES string of the molecule is O=C(O)[C@H]1[C@H](C(=O)N[C@@H]2CC(=O)N(c3ccccc3)C2)[C@H]2C=C[C@H]1C2. The van der Waals surface area contributed by atoms with E-state index in [9.17, 15) is 19.5 Å². The number of hydrogen-bond donors (Lipinski definition) is 2. The van der Waals surface area contributed by atoms with Crippen LogP contribution in [0.2, 0.25) is 0 Å². The van der Waals surface area contributed by atoms with Gasteiger partial charge in [-0.2, -0.15) is 0 Å². The van der Waals surface area contributed by atoms with Gasteiger partial charge in [0.1, 0.15) is 0 Å². The van der Waals surface area contributed by atoms with Crippen LogP contribution in [0.15, 0.2) is 42.5 Å². The number of carbonyl (C=O) groups excluding carboxylic acids is 2. The van der Waals surface area contributed by atoms with Crippen molar-refractivity contribution in [3.05, 3.63) is 42.5 Å². The van der Waals surface area contributed by atoms with Crippen LogP contribution in [0.3, 0.4) is 0 Å². The lowest BCUT2D eigenvalue weighted by atomic mass is 9.82. The molecule has 2 fully saturated rings. The molecule has 1 aliphatic heterocycles. The molecule has 130 valence electrons. The van der Waals surface area contributed by atoms with E-state index in [1.807, 2.05) is 42.5 Å². The number of carbonyl (C=O) groups is 3. The summed E-state index contributed by atoms with van der Waals surface area (Å²) < 4.78 is 0. The van der Waals surface area contributed by atoms with Crippen LogP contribution in [0.1, 0.15) is 12.8 Å². The van der Waals surface area contributed by atoms with E-state index in [0.29, 0.717) is 6.54 Å². The van der Waals surface area contributed by atoms with Gasteiger partial charge in [0.05, 0.1) is 17.9 Å². The summed E-state index contributed by atoms with van der Waals surface area (Å²) in [5.41, 5.74) is 0.815. The predicted octanol–water partition coefficient (Wildman–Crippen LogP) is 1.43. The Morgan fingerprint density at radius 3 is 2.44 bits per heavy atom. The molecule has 2 amide bonds. The Morgan fingerprint density at radius 2 is 1.76 bits per heavy atom. The number of aliphatic carboxylic acids is 1. The lowest BCUT2D eigenvalue weighted by molar-refractivity contribution is -0.148. The van der Waals surface area contributed by atoms with E-state index in [2.05, 4.69) is 5.32 Å². The third-order valence-electron chi connectivity index (χ3n) is 5.59. The molecular weight excluding hydrogens is 320 g/mol. The summed E-state index contributed by atoms with van der Waals surface area (Å²) in [5, 5.41) is 12.4. The lowest BCUT2D eigenvalue weighted by Gasteiger charge is -2.25. The molecule has 25 heavy (non-hydrogen) atoms. The van der Waals surface area contributed by atoms with Crippen molar-refractivity contribution >= 4 is 23.5 Å². The number of fused-ring (bicyclic) bond motifs is 2. The molecule has 5 atom stereocenters. The fraction of sp³-hybridized carbons (Fsp3) is 0.421. The Balaban J connectivity index is 1.44. The zero-order valence-electron chi connectivity index (χ0n) is 13.7. The minimum Gasteiger partial charge on any atom is -0.481 e. The maximum Gasteiger partial charge on any atom is 0.307 e. The van der Waals surface area contributed by atoms with E-state index >= 15 is 0 Å². The Morgan fingerprint density at radius 1 is 1.08 bits per heavy atom. The summed E-state index contributed by atoms with van der Waals surface area (Å²) in [5.74, 6) is -2.43. The van der Waals surface area contributed by atoms with Crippen LogP contribution in [0.5, 0.6) is 0 Å². The van der Waals surface area contributed by atoms with Crippen LogP contribution in [0.4, 0.5) is 5.69 Å². The largest absolute Gasteiger partial charge is 0.481 e. The van der Waals surface area contributed by atoms with Crippen molar-refractivity contribution in [1.82, 2.24) is 5.32 Å². The average molecular weight is 340 g/mol. The van der Waals surface area contributed by atoms with Crippen LogP contribution in [0, 0.1) is 23.7 Å². The molecule has 1 aromatic carbocycles. The molecule has 1 aromatic rings. The number of hydrogen-bond acceptors (Lipinski definition) is 3. The van der Waals surface area contributed by atoms with Gasteiger partial charge in [0.2, 0.25) is 11.8 Å². The van der Waals surface area contributed by atoms with Gasteiger partial charge in [-0.05, 0) is 30.4 Å². The minimum atomic E-state index is -0.912. The van der Waals surface area contributed by atoms with Gasteiger partial charge in [0, 0.05) is 18.7 Å². The van der Waals surface area contributed by atoms with E-state index in [-0.39, 0.29) is 36.1 Å². The number of para-hydroxylation sites is 1. The van der Waals surface area contributed by atoms with E-state index in [1.54, 1.807) is 4.90 Å². The van der Waals surface area contributed by atoms with E-state index < -0.39 is 17.8 Å². The van der Waals surface area contributed by atoms with Crippen LogP contribution in [-0.4, -0.2) is 35.5 Å². The molecule has 0 aromatic heterocycles. The number of allylic oxidation sites excluding steroid dienone is 2. The van der Waals surface area contributed by atoms with Crippen molar-refractivity contribution < 1.29 is 19.5 Å². The van der Waals surface area contributed by atoms with Crippen LogP contribution >= 0.6 is 0 Å². The highest BCUT2D eigenvalue weighted by atomic mass is 16.4. The van der Waals surface area contributed by atoms with Crippen molar-refractivity contribution in [3.63, 3.8) is 0 Å². The van der Waals surface area contributed by atoms with Crippen LogP contribution in [0.25, 0.3) is 0 Å². The monoisotopic (exact) mass is 340 g/mol. The molecule has 1 saturated carbocycles. The van der Waals surface area contributed by atoms with Gasteiger partial charge in [-0.25, -0.2) is 0 Å². The minimum absolute atomic E-state index is 0.00608. The topological polar surface area (TPSA) is 86.7 Å². The summed E-state index contributed by atoms with van der Waals surface area (Å²) in [6.45, 7) is 0.420. The van der Waals surface area contributed by atoms with Crippen molar-refractivity contribution in [2.75, 3.05) is 11.4 Å². The fourth-order valence-corrected chi connectivity index (χ4v) is 4.48. The summed E-state index contributed by atoms with van der Waals surface area (Å²) in [6.07, 6.45) is 4.86. The zero-order valence-corrected chi connectivity index (χ0v) is 13.7. The number of anilines is 1. The summed E-state index contributed by atoms with van der Waals surface area (Å²) in [6, 6.07) is 9.07. The number of nitrogens with zero attached hydrogens (tertiary/aromatic N) is 1. The van der Waals surface area contributed by atoms with Gasteiger partial charge in [0.25, 0.3) is 0 Å². The summed E-state index contributed by atoms with van der Waals surface area (Å²) in [7, 11) is 0. The first kappa shape index (κ1) is 15.9. The zero-order chi connectivity index (χ0) is 17.6. The molecule has 3 aliphatic rings. The third-order valence-corrected chi connectivity index (χ3v) is 5.59. The molecule has 6 heteroatoms. The van der Waals surface area contributed by atoms with Gasteiger partial charge in [-0.15, -0.1) is 0 Å². The van der Waals surface area contributed by atoms with Gasteiger partial charge in [0.15, 0.2) is 0 Å². The number of nitrogens with one attached hydrogen (secondary N) is 1. The molecule has 0 spiro atoms. The summed E-state index contributed by atoms with van der Waals surface area (Å²) >= 11 is 0. The molecule has 2 aliphatic carbocycles. The van der Waals surface area contributed by atoms with Crippen molar-refractivity contribution in [3.8, 4) is 0 Å². The third kappa shape index (κ3) is 2.71. The molecule has 1 saturated heterocycles. The molecule has 4 rings (SSSR count). The van der Waals surface area contributed by atoms with Crippen molar-refractivity contribution in [2.45, 2.75) is 18.9 Å². The first-order chi connectivity index (χ1) is 12.0. The second-order valence-corrected chi connectivity index (χ2v) is 7.09. The highest BCUT2D eigenvalue weighted by Crippen LogP contribution is 2.48. The molecule has 6 nitrogen and oxygen atoms in total. The van der Waals surface area contributed by atoms with E-state index in [4.69, 9.17) is 0 Å². The first-order valence-electron chi connectivity index (χ1n) is 8.61. The lowest BCUT2D eigenvalue weighted by Crippen LogP contribution is -2.45. The smallest absolute Gasteiger partial charge is 0.307 e. The standard InChI is InChI=1S/C19H20N2O4/c22-15-9-13(10-21(15)14-4-2-1-3-5-14)20-18(23)16-11-6-7-12(8-11)17(16)19(24)25/h1-7,11-13,16-17H,8-10H2,(H,20,23)(H,24,25)/t11-,12-,13+,16+,17+/m0/s1. The number of amides is 2. The molecule has 0 radical (unpaired) electrons. The molecule has 1 heterocycles. The maximum absolute atomic E-state index is 12.7. The molecule has 2 bridgehead atoms. The second kappa shape index (κ2) is 6.02.